The zero-order valence-corrected chi connectivity index (χ0v) is 22.3. The summed E-state index contributed by atoms with van der Waals surface area (Å²) in [5.74, 6) is 0.694. The second-order valence-electron chi connectivity index (χ2n) is 8.93. The Kier molecular flexibility index (Phi) is 7.35. The van der Waals surface area contributed by atoms with Crippen molar-refractivity contribution in [1.82, 2.24) is 19.4 Å². The van der Waals surface area contributed by atoms with Crippen molar-refractivity contribution in [3.8, 4) is 11.4 Å². The van der Waals surface area contributed by atoms with Gasteiger partial charge >= 0.3 is 0 Å². The van der Waals surface area contributed by atoms with Gasteiger partial charge in [0.2, 0.25) is 5.95 Å². The van der Waals surface area contributed by atoms with Crippen LogP contribution in [0.1, 0.15) is 40.1 Å². The normalized spacial score (nSPS) is 13.5. The number of nitrogens with zero attached hydrogens (tertiary/aromatic N) is 4. The van der Waals surface area contributed by atoms with E-state index in [2.05, 4.69) is 10.3 Å². The summed E-state index contributed by atoms with van der Waals surface area (Å²) < 4.78 is 7.11. The average Bonchev–Trinajstić information content (AvgIpc) is 2.94. The Labute approximate surface area is 229 Å². The molecule has 1 amide bonds. The molecule has 1 atom stereocenters. The first-order chi connectivity index (χ1) is 18.4. The zero-order chi connectivity index (χ0) is 26.8. The Morgan fingerprint density at radius 2 is 1.84 bits per heavy atom. The van der Waals surface area contributed by atoms with Gasteiger partial charge in [0.15, 0.2) is 0 Å². The van der Waals surface area contributed by atoms with Gasteiger partial charge in [0.1, 0.15) is 5.75 Å². The van der Waals surface area contributed by atoms with Crippen LogP contribution < -0.4 is 15.6 Å². The van der Waals surface area contributed by atoms with Gasteiger partial charge in [0, 0.05) is 30.1 Å². The molecule has 0 spiro atoms. The Morgan fingerprint density at radius 3 is 2.58 bits per heavy atom. The number of aromatic nitrogens is 3. The minimum atomic E-state index is -0.204. The molecule has 0 aliphatic carbocycles. The van der Waals surface area contributed by atoms with Crippen LogP contribution in [0.4, 0.5) is 5.95 Å². The molecule has 0 fully saturated rings. The Morgan fingerprint density at radius 1 is 1.08 bits per heavy atom. The molecule has 0 radical (unpaired) electrons. The van der Waals surface area contributed by atoms with Gasteiger partial charge in [0.05, 0.1) is 41.1 Å². The first-order valence-electron chi connectivity index (χ1n) is 12.1. The molecule has 0 saturated heterocycles. The molecule has 2 aromatic heterocycles. The highest BCUT2D eigenvalue weighted by Crippen LogP contribution is 2.28. The fourth-order valence-electron chi connectivity index (χ4n) is 4.54. The molecule has 8 nitrogen and oxygen atoms in total. The monoisotopic (exact) mass is 549 g/mol. The third kappa shape index (κ3) is 4.97. The molecule has 1 aliphatic rings. The number of pyridine rings is 1. The van der Waals surface area contributed by atoms with Gasteiger partial charge in [-0.05, 0) is 61.4 Å². The standard InChI is InChI=1S/C28H25Cl2N5O3/c1-17(18-9-12-31-13-10-18)32-28-33-23-16-34(26(36)19-7-8-21(29)22(30)15-19)14-11-20(23)27(37)35(28)24-5-3-4-6-25(24)38-2/h3-10,12-13,15,17H,11,14,16H2,1-2H3,(H,32,33). The molecule has 1 unspecified atom stereocenters. The van der Waals surface area contributed by atoms with Gasteiger partial charge in [0.25, 0.3) is 11.5 Å². The Bertz CT molecular complexity index is 1560. The number of hydrogen-bond acceptors (Lipinski definition) is 6. The van der Waals surface area contributed by atoms with E-state index in [1.54, 1.807) is 53.2 Å². The van der Waals surface area contributed by atoms with Crippen molar-refractivity contribution < 1.29 is 9.53 Å². The van der Waals surface area contributed by atoms with E-state index in [9.17, 15) is 9.59 Å². The summed E-state index contributed by atoms with van der Waals surface area (Å²) in [7, 11) is 1.56. The van der Waals surface area contributed by atoms with E-state index in [0.29, 0.717) is 57.2 Å². The minimum Gasteiger partial charge on any atom is -0.495 e. The number of ether oxygens (including phenoxy) is 1. The molecule has 3 heterocycles. The lowest BCUT2D eigenvalue weighted by atomic mass is 10.0. The van der Waals surface area contributed by atoms with Crippen molar-refractivity contribution in [2.45, 2.75) is 25.9 Å². The lowest BCUT2D eigenvalue weighted by Crippen LogP contribution is -2.41. The van der Waals surface area contributed by atoms with E-state index in [0.717, 1.165) is 5.56 Å². The van der Waals surface area contributed by atoms with Crippen LogP contribution in [0, 0.1) is 0 Å². The number of carbonyl (C=O) groups excluding carboxylic acids is 1. The third-order valence-electron chi connectivity index (χ3n) is 6.57. The highest BCUT2D eigenvalue weighted by atomic mass is 35.5. The maximum Gasteiger partial charge on any atom is 0.263 e. The van der Waals surface area contributed by atoms with Crippen molar-refractivity contribution in [1.29, 1.82) is 0 Å². The van der Waals surface area contributed by atoms with Crippen LogP contribution >= 0.6 is 23.2 Å². The number of carbonyl (C=O) groups is 1. The summed E-state index contributed by atoms with van der Waals surface area (Å²) in [6.45, 7) is 2.54. The predicted octanol–water partition coefficient (Wildman–Crippen LogP) is 5.31. The molecule has 2 aromatic carbocycles. The maximum absolute atomic E-state index is 13.9. The van der Waals surface area contributed by atoms with E-state index in [-0.39, 0.29) is 24.1 Å². The summed E-state index contributed by atoms with van der Waals surface area (Å²) >= 11 is 12.2. The van der Waals surface area contributed by atoms with Crippen LogP contribution in [0.5, 0.6) is 5.75 Å². The Balaban J connectivity index is 1.57. The molecule has 1 N–H and O–H groups in total. The zero-order valence-electron chi connectivity index (χ0n) is 20.8. The number of rotatable bonds is 6. The maximum atomic E-state index is 13.9. The third-order valence-corrected chi connectivity index (χ3v) is 7.31. The van der Waals surface area contributed by atoms with Crippen molar-refractivity contribution >= 4 is 35.1 Å². The molecular weight excluding hydrogens is 525 g/mol. The second kappa shape index (κ2) is 10.8. The van der Waals surface area contributed by atoms with E-state index < -0.39 is 0 Å². The topological polar surface area (TPSA) is 89.3 Å². The number of para-hydroxylation sites is 2. The number of halogens is 2. The number of fused-ring (bicyclic) bond motifs is 1. The molecule has 0 saturated carbocycles. The molecule has 5 rings (SSSR count). The number of amides is 1. The van der Waals surface area contributed by atoms with Crippen molar-refractivity contribution in [2.24, 2.45) is 0 Å². The van der Waals surface area contributed by atoms with Gasteiger partial charge in [-0.3, -0.25) is 14.6 Å². The number of nitrogens with one attached hydrogen (secondary N) is 1. The number of methoxy groups -OCH3 is 1. The van der Waals surface area contributed by atoms with Gasteiger partial charge in [-0.15, -0.1) is 0 Å². The Hall–Kier alpha value is -3.88. The second-order valence-corrected chi connectivity index (χ2v) is 9.74. The van der Waals surface area contributed by atoms with E-state index in [4.69, 9.17) is 32.9 Å². The molecular formula is C28H25Cl2N5O3. The molecule has 4 aromatic rings. The summed E-state index contributed by atoms with van der Waals surface area (Å²) in [6.07, 6.45) is 3.80. The lowest BCUT2D eigenvalue weighted by Gasteiger charge is -2.30. The fraction of sp³-hybridized carbons (Fsp3) is 0.214. The van der Waals surface area contributed by atoms with Crippen LogP contribution in [-0.2, 0) is 13.0 Å². The van der Waals surface area contributed by atoms with Gasteiger partial charge < -0.3 is 15.0 Å². The van der Waals surface area contributed by atoms with Crippen LogP contribution in [0.25, 0.3) is 5.69 Å². The van der Waals surface area contributed by atoms with Gasteiger partial charge in [-0.2, -0.15) is 0 Å². The predicted molar refractivity (Wildman–Crippen MR) is 148 cm³/mol. The van der Waals surface area contributed by atoms with Crippen LogP contribution in [-0.4, -0.2) is 39.0 Å². The van der Waals surface area contributed by atoms with Crippen molar-refractivity contribution in [2.75, 3.05) is 19.0 Å². The minimum absolute atomic E-state index is 0.179. The average molecular weight is 550 g/mol. The molecule has 194 valence electrons. The summed E-state index contributed by atoms with van der Waals surface area (Å²) in [4.78, 5) is 37.8. The fourth-order valence-corrected chi connectivity index (χ4v) is 4.84. The molecule has 1 aliphatic heterocycles. The van der Waals surface area contributed by atoms with E-state index in [1.165, 1.54) is 0 Å². The summed E-state index contributed by atoms with van der Waals surface area (Å²) in [5, 5.41) is 4.08. The van der Waals surface area contributed by atoms with E-state index in [1.807, 2.05) is 37.3 Å². The quantitative estimate of drug-likeness (QED) is 0.350. The first kappa shape index (κ1) is 25.8. The molecule has 38 heavy (non-hydrogen) atoms. The largest absolute Gasteiger partial charge is 0.495 e. The highest BCUT2D eigenvalue weighted by Gasteiger charge is 2.28. The van der Waals surface area contributed by atoms with Crippen molar-refractivity contribution in [3.05, 3.63) is 110 Å². The number of benzene rings is 2. The van der Waals surface area contributed by atoms with Crippen LogP contribution in [0.15, 0.2) is 71.8 Å². The van der Waals surface area contributed by atoms with Gasteiger partial charge in [-0.25, -0.2) is 9.55 Å². The van der Waals surface area contributed by atoms with E-state index >= 15 is 0 Å². The summed E-state index contributed by atoms with van der Waals surface area (Å²) in [6, 6.07) is 15.7. The number of hydrogen-bond donors (Lipinski definition) is 1. The van der Waals surface area contributed by atoms with Gasteiger partial charge in [-0.1, -0.05) is 35.3 Å². The lowest BCUT2D eigenvalue weighted by molar-refractivity contribution is 0.0731. The SMILES string of the molecule is COc1ccccc1-n1c(NC(C)c2ccncc2)nc2c(c1=O)CCN(C(=O)c1ccc(Cl)c(Cl)c1)C2. The molecule has 10 heteroatoms. The summed E-state index contributed by atoms with van der Waals surface area (Å²) in [5.41, 5.74) is 2.89. The van der Waals surface area contributed by atoms with Crippen molar-refractivity contribution in [3.63, 3.8) is 0 Å². The smallest absolute Gasteiger partial charge is 0.263 e. The first-order valence-corrected chi connectivity index (χ1v) is 12.8. The highest BCUT2D eigenvalue weighted by molar-refractivity contribution is 6.42. The number of anilines is 1. The molecule has 0 bridgehead atoms. The van der Waals surface area contributed by atoms with Crippen LogP contribution in [0.2, 0.25) is 10.0 Å². The van der Waals surface area contributed by atoms with Crippen LogP contribution in [0.3, 0.4) is 0 Å².